The van der Waals surface area contributed by atoms with Crippen molar-refractivity contribution in [3.05, 3.63) is 59.2 Å². The summed E-state index contributed by atoms with van der Waals surface area (Å²) < 4.78 is 20.5. The minimum absolute atomic E-state index is 0.135. The van der Waals surface area contributed by atoms with Gasteiger partial charge in [-0.3, -0.25) is 0 Å². The molecule has 134 valence electrons. The van der Waals surface area contributed by atoms with Crippen LogP contribution in [-0.4, -0.2) is 31.3 Å². The van der Waals surface area contributed by atoms with Gasteiger partial charge < -0.3 is 24.1 Å². The number of rotatable bonds is 4. The highest BCUT2D eigenvalue weighted by Crippen LogP contribution is 2.38. The number of phenols is 1. The molecule has 0 unspecified atom stereocenters. The maximum Gasteiger partial charge on any atom is 0.348 e. The van der Waals surface area contributed by atoms with E-state index in [9.17, 15) is 14.7 Å². The molecule has 1 fully saturated rings. The fraction of sp³-hybridized carbons (Fsp3) is 0.158. The van der Waals surface area contributed by atoms with Crippen LogP contribution in [0.1, 0.15) is 17.4 Å². The predicted molar refractivity (Wildman–Crippen MR) is 90.6 cm³/mol. The van der Waals surface area contributed by atoms with Crippen molar-refractivity contribution in [2.75, 3.05) is 14.2 Å². The van der Waals surface area contributed by atoms with Gasteiger partial charge in [0.05, 0.1) is 14.2 Å². The summed E-state index contributed by atoms with van der Waals surface area (Å²) in [6, 6.07) is 11.6. The lowest BCUT2D eigenvalue weighted by Crippen LogP contribution is -2.29. The fourth-order valence-corrected chi connectivity index (χ4v) is 2.46. The van der Waals surface area contributed by atoms with E-state index in [1.807, 2.05) is 0 Å². The van der Waals surface area contributed by atoms with Gasteiger partial charge in [0.25, 0.3) is 6.29 Å². The first-order valence-electron chi connectivity index (χ1n) is 7.67. The number of benzene rings is 2. The van der Waals surface area contributed by atoms with E-state index in [1.165, 1.54) is 32.4 Å². The number of carbonyl (C=O) groups excluding carboxylic acids is 2. The van der Waals surface area contributed by atoms with Crippen molar-refractivity contribution >= 4 is 18.0 Å². The number of aromatic hydroxyl groups is 1. The SMILES string of the molecule is COc1cc(C=C2C(=O)OC(c3ccccc3)OC2=O)cc(OC)c1O. The third-order valence-corrected chi connectivity index (χ3v) is 3.75. The average molecular weight is 356 g/mol. The summed E-state index contributed by atoms with van der Waals surface area (Å²) in [4.78, 5) is 24.5. The lowest BCUT2D eigenvalue weighted by atomic mass is 10.1. The zero-order valence-electron chi connectivity index (χ0n) is 14.1. The number of cyclic esters (lactones) is 2. The molecule has 1 N–H and O–H groups in total. The number of hydrogen-bond acceptors (Lipinski definition) is 7. The maximum atomic E-state index is 12.3. The van der Waals surface area contributed by atoms with Crippen molar-refractivity contribution in [1.29, 1.82) is 0 Å². The molecule has 7 heteroatoms. The quantitative estimate of drug-likeness (QED) is 0.511. The second kappa shape index (κ2) is 7.18. The molecular formula is C19H16O7. The van der Waals surface area contributed by atoms with E-state index in [2.05, 4.69) is 0 Å². The lowest BCUT2D eigenvalue weighted by Gasteiger charge is -2.24. The molecule has 26 heavy (non-hydrogen) atoms. The van der Waals surface area contributed by atoms with Crippen LogP contribution in [0, 0.1) is 0 Å². The molecule has 0 atom stereocenters. The van der Waals surface area contributed by atoms with E-state index in [0.29, 0.717) is 11.1 Å². The second-order valence-electron chi connectivity index (χ2n) is 5.39. The van der Waals surface area contributed by atoms with Gasteiger partial charge in [-0.05, 0) is 23.8 Å². The predicted octanol–water partition coefficient (Wildman–Crippen LogP) is 2.59. The van der Waals surface area contributed by atoms with Crippen molar-refractivity contribution in [1.82, 2.24) is 0 Å². The smallest absolute Gasteiger partial charge is 0.348 e. The van der Waals surface area contributed by atoms with Crippen molar-refractivity contribution in [2.24, 2.45) is 0 Å². The van der Waals surface area contributed by atoms with E-state index in [4.69, 9.17) is 18.9 Å². The first kappa shape index (κ1) is 17.3. The van der Waals surface area contributed by atoms with Crippen LogP contribution < -0.4 is 9.47 Å². The Balaban J connectivity index is 1.91. The minimum Gasteiger partial charge on any atom is -0.502 e. The molecule has 0 aliphatic carbocycles. The molecule has 0 bridgehead atoms. The van der Waals surface area contributed by atoms with Crippen molar-refractivity contribution in [2.45, 2.75) is 6.29 Å². The number of methoxy groups -OCH3 is 2. The third-order valence-electron chi connectivity index (χ3n) is 3.75. The molecule has 1 aliphatic rings. The number of ether oxygens (including phenoxy) is 4. The Morgan fingerprint density at radius 3 is 2.00 bits per heavy atom. The van der Waals surface area contributed by atoms with Gasteiger partial charge in [-0.15, -0.1) is 0 Å². The lowest BCUT2D eigenvalue weighted by molar-refractivity contribution is -0.195. The van der Waals surface area contributed by atoms with Gasteiger partial charge in [-0.25, -0.2) is 9.59 Å². The highest BCUT2D eigenvalue weighted by Gasteiger charge is 2.34. The molecule has 0 spiro atoms. The highest BCUT2D eigenvalue weighted by molar-refractivity contribution is 6.18. The monoisotopic (exact) mass is 356 g/mol. The molecule has 2 aromatic rings. The Morgan fingerprint density at radius 1 is 0.962 bits per heavy atom. The summed E-state index contributed by atoms with van der Waals surface area (Å²) in [5.74, 6) is -1.52. The number of hydrogen-bond donors (Lipinski definition) is 1. The van der Waals surface area contributed by atoms with Crippen LogP contribution >= 0.6 is 0 Å². The van der Waals surface area contributed by atoms with Crippen LogP contribution in [0.3, 0.4) is 0 Å². The first-order valence-corrected chi connectivity index (χ1v) is 7.67. The molecule has 1 aliphatic heterocycles. The van der Waals surface area contributed by atoms with Crippen LogP contribution in [-0.2, 0) is 19.1 Å². The van der Waals surface area contributed by atoms with E-state index < -0.39 is 18.2 Å². The summed E-state index contributed by atoms with van der Waals surface area (Å²) in [5, 5.41) is 9.93. The Labute approximate surface area is 149 Å². The zero-order chi connectivity index (χ0) is 18.7. The Kier molecular flexibility index (Phi) is 4.79. The van der Waals surface area contributed by atoms with Crippen molar-refractivity contribution < 1.29 is 33.6 Å². The molecule has 1 saturated heterocycles. The van der Waals surface area contributed by atoms with Crippen LogP contribution in [0.25, 0.3) is 6.08 Å². The fourth-order valence-electron chi connectivity index (χ4n) is 2.46. The first-order chi connectivity index (χ1) is 12.5. The maximum absolute atomic E-state index is 12.3. The summed E-state index contributed by atoms with van der Waals surface area (Å²) >= 11 is 0. The van der Waals surface area contributed by atoms with Gasteiger partial charge in [0.2, 0.25) is 5.75 Å². The zero-order valence-corrected chi connectivity index (χ0v) is 14.1. The minimum atomic E-state index is -1.09. The molecule has 0 aromatic heterocycles. The van der Waals surface area contributed by atoms with Gasteiger partial charge in [0, 0.05) is 5.56 Å². The van der Waals surface area contributed by atoms with Gasteiger partial charge in [-0.2, -0.15) is 0 Å². The standard InChI is InChI=1S/C19H16O7/c1-23-14-9-11(10-15(24-2)16(14)20)8-13-17(21)25-19(26-18(13)22)12-6-4-3-5-7-12/h3-10,19-20H,1-2H3. The Hall–Kier alpha value is -3.48. The molecule has 0 saturated carbocycles. The molecule has 3 rings (SSSR count). The Morgan fingerprint density at radius 2 is 1.50 bits per heavy atom. The van der Waals surface area contributed by atoms with E-state index in [-0.39, 0.29) is 22.8 Å². The molecule has 0 radical (unpaired) electrons. The third kappa shape index (κ3) is 3.32. The molecule has 0 amide bonds. The van der Waals surface area contributed by atoms with Crippen LogP contribution in [0.2, 0.25) is 0 Å². The van der Waals surface area contributed by atoms with Crippen LogP contribution in [0.5, 0.6) is 17.2 Å². The topological polar surface area (TPSA) is 91.3 Å². The van der Waals surface area contributed by atoms with Gasteiger partial charge in [0.1, 0.15) is 5.57 Å². The van der Waals surface area contributed by atoms with Crippen LogP contribution in [0.15, 0.2) is 48.0 Å². The van der Waals surface area contributed by atoms with E-state index in [0.717, 1.165) is 0 Å². The van der Waals surface area contributed by atoms with Crippen molar-refractivity contribution in [3.63, 3.8) is 0 Å². The van der Waals surface area contributed by atoms with E-state index >= 15 is 0 Å². The molecule has 7 nitrogen and oxygen atoms in total. The Bertz CT molecular complexity index is 826. The average Bonchev–Trinajstić information content (AvgIpc) is 2.66. The number of esters is 2. The number of phenolic OH excluding ortho intramolecular Hbond substituents is 1. The summed E-state index contributed by atoms with van der Waals surface area (Å²) in [5.41, 5.74) is 0.687. The van der Waals surface area contributed by atoms with Crippen molar-refractivity contribution in [3.8, 4) is 17.2 Å². The van der Waals surface area contributed by atoms with Crippen LogP contribution in [0.4, 0.5) is 0 Å². The van der Waals surface area contributed by atoms with E-state index in [1.54, 1.807) is 30.3 Å². The number of carbonyl (C=O) groups is 2. The molecule has 1 heterocycles. The normalized spacial score (nSPS) is 16.5. The second-order valence-corrected chi connectivity index (χ2v) is 5.39. The van der Waals surface area contributed by atoms with Gasteiger partial charge in [0.15, 0.2) is 11.5 Å². The highest BCUT2D eigenvalue weighted by atomic mass is 16.7. The summed E-state index contributed by atoms with van der Waals surface area (Å²) in [7, 11) is 2.75. The summed E-state index contributed by atoms with van der Waals surface area (Å²) in [6.07, 6.45) is 0.202. The van der Waals surface area contributed by atoms with Gasteiger partial charge >= 0.3 is 11.9 Å². The summed E-state index contributed by atoms with van der Waals surface area (Å²) in [6.45, 7) is 0. The largest absolute Gasteiger partial charge is 0.502 e. The molecule has 2 aromatic carbocycles. The molecular weight excluding hydrogens is 340 g/mol. The van der Waals surface area contributed by atoms with Gasteiger partial charge in [-0.1, -0.05) is 30.3 Å².